The van der Waals surface area contributed by atoms with Gasteiger partial charge in [-0.25, -0.2) is 0 Å². The highest BCUT2D eigenvalue weighted by atomic mass is 32.2. The predicted molar refractivity (Wildman–Crippen MR) is 65.8 cm³/mol. The average molecular weight is 244 g/mol. The van der Waals surface area contributed by atoms with Crippen LogP contribution in [0.1, 0.15) is 6.92 Å². The fourth-order valence-electron chi connectivity index (χ4n) is 2.10. The lowest BCUT2D eigenvalue weighted by atomic mass is 10.3. The van der Waals surface area contributed by atoms with Gasteiger partial charge in [-0.3, -0.25) is 9.69 Å². The highest BCUT2D eigenvalue weighted by molar-refractivity contribution is 7.99. The van der Waals surface area contributed by atoms with Crippen molar-refractivity contribution < 1.29 is 9.53 Å². The molecule has 16 heavy (non-hydrogen) atoms. The summed E-state index contributed by atoms with van der Waals surface area (Å²) in [6, 6.07) is 0. The van der Waals surface area contributed by atoms with Crippen molar-refractivity contribution in [3.63, 3.8) is 0 Å². The molecule has 0 spiro atoms. The molecule has 0 radical (unpaired) electrons. The summed E-state index contributed by atoms with van der Waals surface area (Å²) in [5, 5.41) is 0. The molecule has 0 N–H and O–H groups in total. The third kappa shape index (κ3) is 3.37. The number of hydrogen-bond acceptors (Lipinski definition) is 4. The summed E-state index contributed by atoms with van der Waals surface area (Å²) in [4.78, 5) is 16.2. The Hall–Kier alpha value is -0.260. The van der Waals surface area contributed by atoms with Gasteiger partial charge in [-0.05, 0) is 6.92 Å². The van der Waals surface area contributed by atoms with E-state index in [1.54, 1.807) is 0 Å². The van der Waals surface area contributed by atoms with E-state index in [2.05, 4.69) is 4.90 Å². The molecule has 2 fully saturated rings. The van der Waals surface area contributed by atoms with Crippen molar-refractivity contribution >= 4 is 17.7 Å². The molecule has 92 valence electrons. The summed E-state index contributed by atoms with van der Waals surface area (Å²) < 4.78 is 5.44. The molecule has 2 aliphatic rings. The Kier molecular flexibility index (Phi) is 4.49. The molecule has 4 nitrogen and oxygen atoms in total. The molecular weight excluding hydrogens is 224 g/mol. The maximum atomic E-state index is 12.0. The van der Waals surface area contributed by atoms with Crippen molar-refractivity contribution in [3.05, 3.63) is 0 Å². The summed E-state index contributed by atoms with van der Waals surface area (Å²) in [5.74, 6) is 2.58. The Morgan fingerprint density at radius 1 is 1.38 bits per heavy atom. The number of hydrogen-bond donors (Lipinski definition) is 0. The van der Waals surface area contributed by atoms with Crippen LogP contribution in [0.5, 0.6) is 0 Å². The zero-order valence-corrected chi connectivity index (χ0v) is 10.7. The minimum absolute atomic E-state index is 0.189. The second-order valence-electron chi connectivity index (χ2n) is 4.41. The zero-order valence-electron chi connectivity index (χ0n) is 9.85. The van der Waals surface area contributed by atoms with E-state index in [9.17, 15) is 4.79 Å². The number of rotatable bonds is 2. The van der Waals surface area contributed by atoms with E-state index >= 15 is 0 Å². The largest absolute Gasteiger partial charge is 0.375 e. The zero-order chi connectivity index (χ0) is 11.4. The topological polar surface area (TPSA) is 32.8 Å². The van der Waals surface area contributed by atoms with Crippen LogP contribution in [-0.4, -0.2) is 72.6 Å². The fourth-order valence-corrected chi connectivity index (χ4v) is 3.07. The molecule has 0 aromatic heterocycles. The molecule has 2 saturated heterocycles. The van der Waals surface area contributed by atoms with E-state index in [0.717, 1.165) is 37.7 Å². The van der Waals surface area contributed by atoms with Gasteiger partial charge >= 0.3 is 0 Å². The van der Waals surface area contributed by atoms with Crippen molar-refractivity contribution in [1.82, 2.24) is 9.80 Å². The number of morpholine rings is 1. The molecule has 0 aromatic carbocycles. The third-order valence-corrected chi connectivity index (χ3v) is 4.00. The van der Waals surface area contributed by atoms with Gasteiger partial charge in [0.25, 0.3) is 0 Å². The summed E-state index contributed by atoms with van der Waals surface area (Å²) >= 11 is 1.98. The van der Waals surface area contributed by atoms with Crippen molar-refractivity contribution in [3.8, 4) is 0 Å². The molecule has 0 aromatic rings. The fraction of sp³-hybridized carbons (Fsp3) is 0.909. The number of amides is 1. The number of carbonyl (C=O) groups is 1. The van der Waals surface area contributed by atoms with Crippen molar-refractivity contribution in [1.29, 1.82) is 0 Å². The first-order chi connectivity index (χ1) is 7.75. The molecule has 0 bridgehead atoms. The summed E-state index contributed by atoms with van der Waals surface area (Å²) in [7, 11) is 0. The number of thioether (sulfide) groups is 1. The minimum Gasteiger partial charge on any atom is -0.375 e. The first kappa shape index (κ1) is 12.2. The molecular formula is C11H20N2O2S. The Morgan fingerprint density at radius 3 is 2.81 bits per heavy atom. The van der Waals surface area contributed by atoms with Gasteiger partial charge in [0.05, 0.1) is 19.3 Å². The van der Waals surface area contributed by atoms with Gasteiger partial charge < -0.3 is 9.64 Å². The highest BCUT2D eigenvalue weighted by Gasteiger charge is 2.23. The lowest BCUT2D eigenvalue weighted by molar-refractivity contribution is -0.139. The second kappa shape index (κ2) is 5.89. The van der Waals surface area contributed by atoms with Crippen LogP contribution in [0.3, 0.4) is 0 Å². The Morgan fingerprint density at radius 2 is 2.12 bits per heavy atom. The molecule has 2 heterocycles. The van der Waals surface area contributed by atoms with Crippen molar-refractivity contribution in [2.75, 3.05) is 50.8 Å². The number of nitrogens with zero attached hydrogens (tertiary/aromatic N) is 2. The number of ether oxygens (including phenoxy) is 1. The molecule has 1 amide bonds. The molecule has 0 saturated carbocycles. The lowest BCUT2D eigenvalue weighted by Gasteiger charge is -2.33. The summed E-state index contributed by atoms with van der Waals surface area (Å²) in [6.07, 6.45) is 0.189. The quantitative estimate of drug-likeness (QED) is 0.699. The summed E-state index contributed by atoms with van der Waals surface area (Å²) in [5.41, 5.74) is 0. The first-order valence-electron chi connectivity index (χ1n) is 5.95. The van der Waals surface area contributed by atoms with Crippen LogP contribution in [0.4, 0.5) is 0 Å². The average Bonchev–Trinajstić information content (AvgIpc) is 2.30. The Labute approximate surface area is 101 Å². The molecule has 2 rings (SSSR count). The maximum absolute atomic E-state index is 12.0. The number of carbonyl (C=O) groups excluding carboxylic acids is 1. The third-order valence-electron chi connectivity index (χ3n) is 3.06. The van der Waals surface area contributed by atoms with Gasteiger partial charge in [0.2, 0.25) is 5.91 Å². The van der Waals surface area contributed by atoms with Crippen molar-refractivity contribution in [2.24, 2.45) is 0 Å². The van der Waals surface area contributed by atoms with Gasteiger partial charge in [-0.2, -0.15) is 11.8 Å². The van der Waals surface area contributed by atoms with Crippen molar-refractivity contribution in [2.45, 2.75) is 13.0 Å². The van der Waals surface area contributed by atoms with Crippen LogP contribution in [0.15, 0.2) is 0 Å². The van der Waals surface area contributed by atoms with Gasteiger partial charge in [0.1, 0.15) is 0 Å². The highest BCUT2D eigenvalue weighted by Crippen LogP contribution is 2.10. The standard InChI is InChI=1S/C11H20N2O2S/c1-10-8-13(2-5-15-10)11(14)9-12-3-6-16-7-4-12/h10H,2-9H2,1H3/t10-/m1/s1. The van der Waals surface area contributed by atoms with E-state index in [1.165, 1.54) is 0 Å². The first-order valence-corrected chi connectivity index (χ1v) is 7.10. The maximum Gasteiger partial charge on any atom is 0.236 e. The van der Waals surface area contributed by atoms with Crippen LogP contribution in [0.2, 0.25) is 0 Å². The Bertz CT molecular complexity index is 244. The van der Waals surface area contributed by atoms with E-state index in [0.29, 0.717) is 13.2 Å². The molecule has 0 aliphatic carbocycles. The Balaban J connectivity index is 1.77. The monoisotopic (exact) mass is 244 g/mol. The van der Waals surface area contributed by atoms with E-state index in [-0.39, 0.29) is 12.0 Å². The SMILES string of the molecule is C[C@@H]1CN(C(=O)CN2CCSCC2)CCO1. The van der Waals surface area contributed by atoms with Gasteiger partial charge in [-0.1, -0.05) is 0 Å². The predicted octanol–water partition coefficient (Wildman–Crippen LogP) is 0.282. The molecule has 5 heteroatoms. The molecule has 2 aliphatic heterocycles. The molecule has 0 unspecified atom stereocenters. The molecule has 1 atom stereocenters. The van der Waals surface area contributed by atoms with Crippen LogP contribution in [0.25, 0.3) is 0 Å². The van der Waals surface area contributed by atoms with E-state index in [1.807, 2.05) is 23.6 Å². The van der Waals surface area contributed by atoms with E-state index in [4.69, 9.17) is 4.74 Å². The second-order valence-corrected chi connectivity index (χ2v) is 5.63. The van der Waals surface area contributed by atoms with Gasteiger partial charge in [0, 0.05) is 37.7 Å². The van der Waals surface area contributed by atoms with Crippen LogP contribution in [-0.2, 0) is 9.53 Å². The van der Waals surface area contributed by atoms with Crippen LogP contribution >= 0.6 is 11.8 Å². The minimum atomic E-state index is 0.189. The van der Waals surface area contributed by atoms with Crippen LogP contribution < -0.4 is 0 Å². The smallest absolute Gasteiger partial charge is 0.236 e. The van der Waals surface area contributed by atoms with Gasteiger partial charge in [-0.15, -0.1) is 0 Å². The van der Waals surface area contributed by atoms with Gasteiger partial charge in [0.15, 0.2) is 0 Å². The van der Waals surface area contributed by atoms with Crippen LogP contribution in [0, 0.1) is 0 Å². The summed E-state index contributed by atoms with van der Waals surface area (Å²) in [6.45, 7) is 6.91. The van der Waals surface area contributed by atoms with E-state index < -0.39 is 0 Å². The normalized spacial score (nSPS) is 28.1. The lowest BCUT2D eigenvalue weighted by Crippen LogP contribution is -2.49.